The van der Waals surface area contributed by atoms with Crippen LogP contribution in [0.15, 0.2) is 52.9 Å². The summed E-state index contributed by atoms with van der Waals surface area (Å²) in [6.07, 6.45) is 4.33. The number of aryl methyl sites for hydroxylation is 1. The van der Waals surface area contributed by atoms with Crippen molar-refractivity contribution in [2.45, 2.75) is 39.0 Å². The third-order valence-corrected chi connectivity index (χ3v) is 6.10. The molecule has 0 bridgehead atoms. The number of allylic oxidation sites excluding steroid dienone is 3. The van der Waals surface area contributed by atoms with E-state index in [0.29, 0.717) is 6.42 Å². The summed E-state index contributed by atoms with van der Waals surface area (Å²) < 4.78 is 11.6. The van der Waals surface area contributed by atoms with Crippen LogP contribution in [0, 0.1) is 12.8 Å². The molecule has 2 aromatic carbocycles. The topological polar surface area (TPSA) is 40.1 Å². The predicted octanol–water partition coefficient (Wildman–Crippen LogP) is 5.68. The molecule has 0 spiro atoms. The fraction of sp³-hybridized carbons (Fsp3) is 0.292. The number of hydrogen-bond acceptors (Lipinski definition) is 2. The molecule has 0 fully saturated rings. The Morgan fingerprint density at radius 2 is 1.74 bits per heavy atom. The molecule has 1 aliphatic carbocycles. The molecule has 0 heterocycles. The maximum absolute atomic E-state index is 12.4. The number of hydrogen-bond donors (Lipinski definition) is 0. The van der Waals surface area contributed by atoms with Gasteiger partial charge in [-0.15, -0.1) is 0 Å². The first kappa shape index (κ1) is 19.7. The predicted molar refractivity (Wildman–Crippen MR) is 115 cm³/mol. The fourth-order valence-corrected chi connectivity index (χ4v) is 3.94. The monoisotopic (exact) mass is 378 g/mol. The Labute approximate surface area is 165 Å². The normalized spacial score (nSPS) is 16.2. The second-order valence-corrected chi connectivity index (χ2v) is 8.91. The van der Waals surface area contributed by atoms with E-state index in [0.717, 1.165) is 16.0 Å². The van der Waals surface area contributed by atoms with Crippen molar-refractivity contribution in [3.63, 3.8) is 0 Å². The molecule has 0 aliphatic heterocycles. The standard InChI is InChI=1S/C24H26O2S/c1-15(2)24(25)14-22-17(4)21(20-11-6-16(3)12-23(20)22)13-18-7-9-19(10-8-18)27(5)26/h6-13,15H,14H2,1-5H3/b21-13-. The maximum Gasteiger partial charge on any atom is 0.152 e. The van der Waals surface area contributed by atoms with Gasteiger partial charge >= 0.3 is 0 Å². The second-order valence-electron chi connectivity index (χ2n) is 7.53. The van der Waals surface area contributed by atoms with Crippen LogP contribution >= 0.6 is 0 Å². The van der Waals surface area contributed by atoms with Crippen LogP contribution in [0.4, 0.5) is 0 Å². The number of carbonyl (C=O) groups is 1. The number of benzene rings is 2. The zero-order valence-electron chi connectivity index (χ0n) is 16.6. The van der Waals surface area contributed by atoms with Gasteiger partial charge in [0.15, 0.2) is 4.90 Å². The fourth-order valence-electron chi connectivity index (χ4n) is 3.42. The van der Waals surface area contributed by atoms with Crippen molar-refractivity contribution in [1.29, 1.82) is 0 Å². The minimum atomic E-state index is -0.972. The van der Waals surface area contributed by atoms with Gasteiger partial charge in [-0.1, -0.05) is 37.6 Å². The van der Waals surface area contributed by atoms with E-state index < -0.39 is 11.2 Å². The molecule has 0 N–H and O–H groups in total. The molecule has 3 heteroatoms. The molecule has 0 amide bonds. The van der Waals surface area contributed by atoms with Crippen LogP contribution in [0.25, 0.3) is 17.2 Å². The molecule has 0 aromatic heterocycles. The molecule has 1 unspecified atom stereocenters. The van der Waals surface area contributed by atoms with Crippen molar-refractivity contribution >= 4 is 34.2 Å². The highest BCUT2D eigenvalue weighted by Crippen LogP contribution is 2.44. The first-order valence-corrected chi connectivity index (χ1v) is 10.8. The maximum atomic E-state index is 12.4. The number of carbonyl (C=O) groups excluding carboxylic acids is 1. The lowest BCUT2D eigenvalue weighted by Gasteiger charge is -2.08. The third kappa shape index (κ3) is 4.10. The van der Waals surface area contributed by atoms with E-state index in [-0.39, 0.29) is 11.7 Å². The highest BCUT2D eigenvalue weighted by Gasteiger charge is 2.25. The molecular weight excluding hydrogens is 352 g/mol. The van der Waals surface area contributed by atoms with Gasteiger partial charge in [0.25, 0.3) is 0 Å². The van der Waals surface area contributed by atoms with Gasteiger partial charge in [-0.3, -0.25) is 4.79 Å². The summed E-state index contributed by atoms with van der Waals surface area (Å²) in [5.41, 5.74) is 8.13. The summed E-state index contributed by atoms with van der Waals surface area (Å²) in [6, 6.07) is 14.3. The van der Waals surface area contributed by atoms with E-state index >= 15 is 0 Å². The van der Waals surface area contributed by atoms with Crippen LogP contribution in [0.3, 0.4) is 0 Å². The number of rotatable bonds is 5. The first-order chi connectivity index (χ1) is 12.8. The van der Waals surface area contributed by atoms with Crippen molar-refractivity contribution in [3.05, 3.63) is 70.3 Å². The summed E-state index contributed by atoms with van der Waals surface area (Å²) >= 11 is -0.972. The molecule has 1 aliphatic rings. The molecule has 0 saturated carbocycles. The van der Waals surface area contributed by atoms with Crippen LogP contribution in [-0.2, 0) is 16.0 Å². The Morgan fingerprint density at radius 3 is 2.33 bits per heavy atom. The Morgan fingerprint density at radius 1 is 1.07 bits per heavy atom. The number of fused-ring (bicyclic) bond motifs is 1. The van der Waals surface area contributed by atoms with Crippen LogP contribution < -0.4 is 0 Å². The quantitative estimate of drug-likeness (QED) is 0.628. The van der Waals surface area contributed by atoms with E-state index in [2.05, 4.69) is 38.1 Å². The van der Waals surface area contributed by atoms with Crippen molar-refractivity contribution in [3.8, 4) is 0 Å². The van der Waals surface area contributed by atoms with E-state index in [9.17, 15) is 9.35 Å². The third-order valence-electron chi connectivity index (χ3n) is 5.17. The van der Waals surface area contributed by atoms with Crippen LogP contribution in [0.1, 0.15) is 49.4 Å². The van der Waals surface area contributed by atoms with Gasteiger partial charge in [-0.2, -0.15) is 0 Å². The number of Topliss-reactive ketones (excluding diaryl/α,β-unsaturated/α-hetero) is 1. The molecule has 1 atom stereocenters. The average molecular weight is 379 g/mol. The largest absolute Gasteiger partial charge is 0.612 e. The highest BCUT2D eigenvalue weighted by molar-refractivity contribution is 7.90. The first-order valence-electron chi connectivity index (χ1n) is 9.27. The summed E-state index contributed by atoms with van der Waals surface area (Å²) in [4.78, 5) is 13.3. The van der Waals surface area contributed by atoms with Crippen LogP contribution in [0.5, 0.6) is 0 Å². The summed E-state index contributed by atoms with van der Waals surface area (Å²) in [7, 11) is 0. The van der Waals surface area contributed by atoms with Gasteiger partial charge in [0.1, 0.15) is 12.0 Å². The lowest BCUT2D eigenvalue weighted by Crippen LogP contribution is -2.07. The lowest BCUT2D eigenvalue weighted by atomic mass is 9.95. The smallest absolute Gasteiger partial charge is 0.152 e. The SMILES string of the molecule is CC1=C(CC(=O)C(C)C)c2cc(C)ccc2/C1=C\c1ccc([S+](C)[O-])cc1. The summed E-state index contributed by atoms with van der Waals surface area (Å²) in [5.74, 6) is 0.307. The van der Waals surface area contributed by atoms with Crippen molar-refractivity contribution in [1.82, 2.24) is 0 Å². The zero-order valence-corrected chi connectivity index (χ0v) is 17.4. The zero-order chi connectivity index (χ0) is 19.7. The summed E-state index contributed by atoms with van der Waals surface area (Å²) in [6.45, 7) is 8.11. The second kappa shape index (κ2) is 7.87. The van der Waals surface area contributed by atoms with E-state index in [1.165, 1.54) is 27.8 Å². The van der Waals surface area contributed by atoms with Gasteiger partial charge in [0.2, 0.25) is 0 Å². The molecule has 0 saturated heterocycles. The molecule has 27 heavy (non-hydrogen) atoms. The van der Waals surface area contributed by atoms with E-state index in [4.69, 9.17) is 0 Å². The van der Waals surface area contributed by atoms with Gasteiger partial charge in [-0.25, -0.2) is 0 Å². The minimum Gasteiger partial charge on any atom is -0.612 e. The minimum absolute atomic E-state index is 0.0362. The Kier molecular flexibility index (Phi) is 5.73. The molecule has 3 rings (SSSR count). The van der Waals surface area contributed by atoms with Gasteiger partial charge < -0.3 is 4.55 Å². The molecular formula is C24H26O2S. The Bertz CT molecular complexity index is 931. The van der Waals surface area contributed by atoms with Crippen molar-refractivity contribution in [2.24, 2.45) is 5.92 Å². The van der Waals surface area contributed by atoms with Gasteiger partial charge in [0, 0.05) is 12.3 Å². The van der Waals surface area contributed by atoms with E-state index in [1.54, 1.807) is 6.26 Å². The Hall–Kier alpha value is -2.10. The van der Waals surface area contributed by atoms with Crippen LogP contribution in [-0.4, -0.2) is 16.6 Å². The van der Waals surface area contributed by atoms with Crippen molar-refractivity contribution in [2.75, 3.05) is 6.26 Å². The average Bonchev–Trinajstić information content (AvgIpc) is 2.87. The lowest BCUT2D eigenvalue weighted by molar-refractivity contribution is -0.120. The van der Waals surface area contributed by atoms with E-state index in [1.807, 2.05) is 38.1 Å². The summed E-state index contributed by atoms with van der Waals surface area (Å²) in [5, 5.41) is 0. The highest BCUT2D eigenvalue weighted by atomic mass is 32.2. The molecule has 2 nitrogen and oxygen atoms in total. The van der Waals surface area contributed by atoms with Crippen molar-refractivity contribution < 1.29 is 9.35 Å². The van der Waals surface area contributed by atoms with Gasteiger partial charge in [0.05, 0.1) is 0 Å². The molecule has 2 aromatic rings. The van der Waals surface area contributed by atoms with Gasteiger partial charge in [-0.05, 0) is 88.8 Å². The Balaban J connectivity index is 2.06. The number of ketones is 1. The molecule has 0 radical (unpaired) electrons. The molecule has 140 valence electrons. The van der Waals surface area contributed by atoms with Crippen LogP contribution in [0.2, 0.25) is 0 Å².